The average molecular weight is 385 g/mol. The van der Waals surface area contributed by atoms with E-state index in [9.17, 15) is 9.11 Å². The van der Waals surface area contributed by atoms with Gasteiger partial charge in [-0.05, 0) is 30.7 Å². The highest BCUT2D eigenvalue weighted by molar-refractivity contribution is 8.24. The van der Waals surface area contributed by atoms with E-state index in [1.807, 2.05) is 48.2 Å². The molecule has 0 atom stereocenters. The van der Waals surface area contributed by atoms with Crippen molar-refractivity contribution < 1.29 is 13.8 Å². The van der Waals surface area contributed by atoms with Gasteiger partial charge in [0.2, 0.25) is 0 Å². The quantitative estimate of drug-likeness (QED) is 0.610. The fourth-order valence-electron chi connectivity index (χ4n) is 3.44. The van der Waals surface area contributed by atoms with E-state index in [1.165, 1.54) is 0 Å². The monoisotopic (exact) mass is 385 g/mol. The molecule has 3 aromatic rings. The molecule has 0 spiro atoms. The molecule has 1 aliphatic rings. The highest BCUT2D eigenvalue weighted by atomic mass is 32.3. The van der Waals surface area contributed by atoms with Crippen LogP contribution < -0.4 is 15.4 Å². The van der Waals surface area contributed by atoms with Crippen LogP contribution in [0.15, 0.2) is 47.4 Å². The van der Waals surface area contributed by atoms with E-state index in [4.69, 9.17) is 15.5 Å². The third-order valence-electron chi connectivity index (χ3n) is 4.94. The highest BCUT2D eigenvalue weighted by Gasteiger charge is 2.27. The Kier molecular flexibility index (Phi) is 4.38. The second-order valence-electron chi connectivity index (χ2n) is 6.86. The summed E-state index contributed by atoms with van der Waals surface area (Å²) in [5.41, 5.74) is 9.78. The van der Waals surface area contributed by atoms with E-state index in [1.54, 1.807) is 13.2 Å². The molecule has 2 heterocycles. The first-order valence-corrected chi connectivity index (χ1v) is 10.4. The van der Waals surface area contributed by atoms with Crippen molar-refractivity contribution in [3.63, 3.8) is 0 Å². The van der Waals surface area contributed by atoms with E-state index in [2.05, 4.69) is 0 Å². The predicted molar refractivity (Wildman–Crippen MR) is 111 cm³/mol. The zero-order valence-electron chi connectivity index (χ0n) is 15.3. The Labute approximate surface area is 159 Å². The number of aromatic nitrogens is 1. The molecule has 0 aliphatic carbocycles. The highest BCUT2D eigenvalue weighted by Crippen LogP contribution is 2.52. The van der Waals surface area contributed by atoms with Crippen LogP contribution in [-0.2, 0) is 6.54 Å². The molecule has 7 heteroatoms. The van der Waals surface area contributed by atoms with Gasteiger partial charge in [0.15, 0.2) is 0 Å². The Balaban J connectivity index is 1.77. The predicted octanol–water partition coefficient (Wildman–Crippen LogP) is 4.26. The lowest BCUT2D eigenvalue weighted by molar-refractivity contribution is 0.412. The molecule has 0 amide bonds. The number of rotatable bonds is 2. The summed E-state index contributed by atoms with van der Waals surface area (Å²) in [5.74, 6) is 1.59. The van der Waals surface area contributed by atoms with Gasteiger partial charge in [0, 0.05) is 36.3 Å². The molecule has 142 valence electrons. The number of fused-ring (bicyclic) bond motifs is 2. The van der Waals surface area contributed by atoms with Crippen LogP contribution in [0.5, 0.6) is 5.75 Å². The Morgan fingerprint density at radius 1 is 1.15 bits per heavy atom. The number of nitrogen functional groups attached to an aromatic ring is 1. The molecule has 0 radical (unpaired) electrons. The van der Waals surface area contributed by atoms with Crippen LogP contribution >= 0.6 is 10.6 Å². The molecule has 2 aromatic carbocycles. The number of anilines is 2. The zero-order chi connectivity index (χ0) is 19.2. The minimum atomic E-state index is -2.89. The average Bonchev–Trinajstić information content (AvgIpc) is 2.78. The number of nitrogens with zero attached hydrogens (tertiary/aromatic N) is 2. The standard InChI is InChI=1S/C20H23N3O3S/c1-13-3-6-18-16(9-13)17(21)11-20(22-18)23-7-8-27(24,25)19-10-15(26-2)5-4-14(19)12-23/h3-6,9-11,24-25H,7-8,12H2,1-2H3,(H2,21,22). The number of nitrogens with two attached hydrogens (primary N) is 1. The molecule has 1 aliphatic heterocycles. The van der Waals surface area contributed by atoms with Gasteiger partial charge < -0.3 is 15.4 Å². The van der Waals surface area contributed by atoms with Crippen molar-refractivity contribution in [2.24, 2.45) is 0 Å². The fourth-order valence-corrected chi connectivity index (χ4v) is 4.99. The largest absolute Gasteiger partial charge is 0.497 e. The summed E-state index contributed by atoms with van der Waals surface area (Å²) in [6.45, 7) is 3.03. The maximum atomic E-state index is 10.7. The van der Waals surface area contributed by atoms with Gasteiger partial charge in [0.05, 0.1) is 23.3 Å². The normalized spacial score (nSPS) is 17.3. The van der Waals surface area contributed by atoms with Crippen molar-refractivity contribution in [3.05, 3.63) is 53.6 Å². The zero-order valence-corrected chi connectivity index (χ0v) is 16.2. The van der Waals surface area contributed by atoms with Crippen molar-refractivity contribution in [2.75, 3.05) is 30.0 Å². The summed E-state index contributed by atoms with van der Waals surface area (Å²) < 4.78 is 26.6. The van der Waals surface area contributed by atoms with E-state index < -0.39 is 10.6 Å². The Hall–Kier alpha value is -2.48. The number of benzene rings is 2. The molecular formula is C20H23N3O3S. The summed E-state index contributed by atoms with van der Waals surface area (Å²) in [6, 6.07) is 13.3. The van der Waals surface area contributed by atoms with Crippen LogP contribution in [0.25, 0.3) is 10.9 Å². The van der Waals surface area contributed by atoms with Crippen LogP contribution in [0.1, 0.15) is 11.1 Å². The van der Waals surface area contributed by atoms with Gasteiger partial charge in [-0.15, -0.1) is 0 Å². The molecule has 27 heavy (non-hydrogen) atoms. The number of methoxy groups -OCH3 is 1. The topological polar surface area (TPSA) is 91.8 Å². The lowest BCUT2D eigenvalue weighted by Crippen LogP contribution is -2.26. The molecule has 1 aromatic heterocycles. The first-order valence-electron chi connectivity index (χ1n) is 8.72. The summed E-state index contributed by atoms with van der Waals surface area (Å²) >= 11 is 0. The molecule has 6 nitrogen and oxygen atoms in total. The number of pyridine rings is 1. The smallest absolute Gasteiger partial charge is 0.131 e. The lowest BCUT2D eigenvalue weighted by atomic mass is 10.1. The van der Waals surface area contributed by atoms with E-state index in [0.717, 1.165) is 27.8 Å². The molecule has 0 bridgehead atoms. The first kappa shape index (κ1) is 17.9. The van der Waals surface area contributed by atoms with Gasteiger partial charge in [-0.1, -0.05) is 17.7 Å². The number of hydrogen-bond acceptors (Lipinski definition) is 6. The van der Waals surface area contributed by atoms with Crippen LogP contribution in [0.2, 0.25) is 0 Å². The minimum Gasteiger partial charge on any atom is -0.497 e. The Morgan fingerprint density at radius 3 is 2.74 bits per heavy atom. The maximum absolute atomic E-state index is 10.7. The van der Waals surface area contributed by atoms with Gasteiger partial charge in [-0.2, -0.15) is 10.6 Å². The van der Waals surface area contributed by atoms with E-state index in [-0.39, 0.29) is 5.75 Å². The van der Waals surface area contributed by atoms with Gasteiger partial charge in [-0.25, -0.2) is 4.98 Å². The van der Waals surface area contributed by atoms with Gasteiger partial charge in [-0.3, -0.25) is 9.11 Å². The maximum Gasteiger partial charge on any atom is 0.131 e. The van der Waals surface area contributed by atoms with Gasteiger partial charge in [0.25, 0.3) is 0 Å². The van der Waals surface area contributed by atoms with Crippen molar-refractivity contribution in [1.82, 2.24) is 4.98 Å². The third kappa shape index (κ3) is 3.29. The van der Waals surface area contributed by atoms with Crippen LogP contribution in [0, 0.1) is 6.92 Å². The summed E-state index contributed by atoms with van der Waals surface area (Å²) in [7, 11) is -1.32. The molecule has 4 N–H and O–H groups in total. The Bertz CT molecular complexity index is 1020. The molecular weight excluding hydrogens is 362 g/mol. The summed E-state index contributed by atoms with van der Waals surface area (Å²) in [4.78, 5) is 7.36. The van der Waals surface area contributed by atoms with Crippen LogP contribution in [0.4, 0.5) is 11.5 Å². The first-order chi connectivity index (χ1) is 12.9. The molecule has 0 fully saturated rings. The van der Waals surface area contributed by atoms with E-state index in [0.29, 0.717) is 29.4 Å². The second kappa shape index (κ2) is 6.60. The lowest BCUT2D eigenvalue weighted by Gasteiger charge is -2.32. The van der Waals surface area contributed by atoms with Crippen LogP contribution in [-0.4, -0.2) is 33.5 Å². The van der Waals surface area contributed by atoms with Crippen molar-refractivity contribution in [2.45, 2.75) is 18.4 Å². The summed E-state index contributed by atoms with van der Waals surface area (Å²) in [5, 5.41) is 0.933. The van der Waals surface area contributed by atoms with Crippen molar-refractivity contribution >= 4 is 33.0 Å². The third-order valence-corrected chi connectivity index (χ3v) is 6.78. The molecule has 0 saturated carbocycles. The van der Waals surface area contributed by atoms with Crippen molar-refractivity contribution in [3.8, 4) is 5.75 Å². The van der Waals surface area contributed by atoms with E-state index >= 15 is 0 Å². The number of ether oxygens (including phenoxy) is 1. The SMILES string of the molecule is COc1ccc2c(c1)S(O)(O)CCN(c1cc(N)c3cc(C)ccc3n1)C2. The van der Waals surface area contributed by atoms with Crippen molar-refractivity contribution in [1.29, 1.82) is 0 Å². The molecule has 0 unspecified atom stereocenters. The van der Waals surface area contributed by atoms with Gasteiger partial charge in [0.1, 0.15) is 11.6 Å². The summed E-state index contributed by atoms with van der Waals surface area (Å²) in [6.07, 6.45) is 0. The molecule has 0 saturated heterocycles. The fraction of sp³-hybridized carbons (Fsp3) is 0.250. The van der Waals surface area contributed by atoms with Gasteiger partial charge >= 0.3 is 0 Å². The number of hydrogen-bond donors (Lipinski definition) is 3. The second-order valence-corrected chi connectivity index (χ2v) is 9.04. The van der Waals surface area contributed by atoms with Crippen LogP contribution in [0.3, 0.4) is 0 Å². The Morgan fingerprint density at radius 2 is 1.96 bits per heavy atom. The number of aryl methyl sites for hydroxylation is 1. The minimum absolute atomic E-state index is 0.237. The molecule has 4 rings (SSSR count).